The Bertz CT molecular complexity index is 239. The Balaban J connectivity index is 2.72. The predicted molar refractivity (Wildman–Crippen MR) is 63.1 cm³/mol. The Morgan fingerprint density at radius 1 is 1.12 bits per heavy atom. The summed E-state index contributed by atoms with van der Waals surface area (Å²) in [5.41, 5.74) is -0.231. The predicted octanol–water partition coefficient (Wildman–Crippen LogP) is 2.94. The third-order valence-electron chi connectivity index (χ3n) is 2.98. The molecule has 0 bridgehead atoms. The maximum atomic E-state index is 13.9. The number of halogens is 1. The van der Waals surface area contributed by atoms with Crippen LogP contribution in [-0.4, -0.2) is 29.6 Å². The zero-order valence-electron chi connectivity index (χ0n) is 11.2. The van der Waals surface area contributed by atoms with Gasteiger partial charge in [0.1, 0.15) is 6.10 Å². The highest BCUT2D eigenvalue weighted by molar-refractivity contribution is 4.97. The molecule has 0 saturated carbocycles. The van der Waals surface area contributed by atoms with Crippen molar-refractivity contribution in [3.63, 3.8) is 0 Å². The van der Waals surface area contributed by atoms with Crippen molar-refractivity contribution in [2.24, 2.45) is 10.8 Å². The number of hydrogen-bond acceptors (Lipinski definition) is 2. The summed E-state index contributed by atoms with van der Waals surface area (Å²) in [4.78, 5) is 0. The molecule has 1 N–H and O–H groups in total. The van der Waals surface area contributed by atoms with Crippen LogP contribution in [0.15, 0.2) is 0 Å². The molecule has 4 unspecified atom stereocenters. The van der Waals surface area contributed by atoms with Crippen molar-refractivity contribution < 1.29 is 14.2 Å². The average molecular weight is 232 g/mol. The molecule has 1 fully saturated rings. The van der Waals surface area contributed by atoms with Gasteiger partial charge in [-0.3, -0.25) is 0 Å². The van der Waals surface area contributed by atoms with Crippen LogP contribution in [0.5, 0.6) is 0 Å². The van der Waals surface area contributed by atoms with Gasteiger partial charge in [-0.15, -0.1) is 0 Å². The fourth-order valence-corrected chi connectivity index (χ4v) is 2.18. The van der Waals surface area contributed by atoms with E-state index in [1.165, 1.54) is 0 Å². The summed E-state index contributed by atoms with van der Waals surface area (Å²) < 4.78 is 19.6. The third-order valence-corrected chi connectivity index (χ3v) is 2.98. The lowest BCUT2D eigenvalue weighted by atomic mass is 9.84. The average Bonchev–Trinajstić information content (AvgIpc) is 2.28. The van der Waals surface area contributed by atoms with Crippen molar-refractivity contribution in [3.05, 3.63) is 0 Å². The molecule has 0 aliphatic carbocycles. The van der Waals surface area contributed by atoms with Gasteiger partial charge in [-0.25, -0.2) is 4.39 Å². The second-order valence-corrected chi connectivity index (χ2v) is 7.16. The first-order valence-corrected chi connectivity index (χ1v) is 6.00. The van der Waals surface area contributed by atoms with Crippen molar-refractivity contribution in [2.75, 3.05) is 0 Å². The second kappa shape index (κ2) is 4.26. The first kappa shape index (κ1) is 13.9. The standard InChI is InChI=1S/C13H25FO2/c1-12(2,3)7-8-10(15)9(14)11(16-8)13(4,5)6/h8-11,15H,7H2,1-6H3. The van der Waals surface area contributed by atoms with Crippen LogP contribution in [0.1, 0.15) is 48.0 Å². The molecule has 0 amide bonds. The van der Waals surface area contributed by atoms with Crippen LogP contribution in [-0.2, 0) is 4.74 Å². The highest BCUT2D eigenvalue weighted by atomic mass is 19.1. The van der Waals surface area contributed by atoms with Crippen molar-refractivity contribution >= 4 is 0 Å². The van der Waals surface area contributed by atoms with Gasteiger partial charge >= 0.3 is 0 Å². The van der Waals surface area contributed by atoms with Gasteiger partial charge in [0.15, 0.2) is 6.17 Å². The van der Waals surface area contributed by atoms with Crippen molar-refractivity contribution in [1.29, 1.82) is 0 Å². The van der Waals surface area contributed by atoms with E-state index in [-0.39, 0.29) is 16.9 Å². The molecule has 2 nitrogen and oxygen atoms in total. The maximum absolute atomic E-state index is 13.9. The molecule has 0 aromatic heterocycles. The molecule has 4 atom stereocenters. The van der Waals surface area contributed by atoms with Crippen LogP contribution in [0, 0.1) is 10.8 Å². The van der Waals surface area contributed by atoms with E-state index in [9.17, 15) is 9.50 Å². The number of hydrogen-bond donors (Lipinski definition) is 1. The lowest BCUT2D eigenvalue weighted by molar-refractivity contribution is -0.0513. The summed E-state index contributed by atoms with van der Waals surface area (Å²) in [6, 6.07) is 0. The largest absolute Gasteiger partial charge is 0.387 e. The number of aliphatic hydroxyl groups excluding tert-OH is 1. The number of alkyl halides is 1. The topological polar surface area (TPSA) is 29.5 Å². The first-order chi connectivity index (χ1) is 7.02. The van der Waals surface area contributed by atoms with Gasteiger partial charge in [0.25, 0.3) is 0 Å². The Morgan fingerprint density at radius 3 is 1.94 bits per heavy atom. The van der Waals surface area contributed by atoms with Gasteiger partial charge in [0.2, 0.25) is 0 Å². The number of ether oxygens (including phenoxy) is 1. The summed E-state index contributed by atoms with van der Waals surface area (Å²) in [5.74, 6) is 0. The lowest BCUT2D eigenvalue weighted by Crippen LogP contribution is -2.36. The molecule has 0 aromatic carbocycles. The molecule has 0 aromatic rings. The minimum absolute atomic E-state index is 0.0398. The van der Waals surface area contributed by atoms with Crippen molar-refractivity contribution in [1.82, 2.24) is 0 Å². The quantitative estimate of drug-likeness (QED) is 0.753. The van der Waals surface area contributed by atoms with E-state index in [4.69, 9.17) is 4.74 Å². The van der Waals surface area contributed by atoms with E-state index in [1.54, 1.807) is 0 Å². The molecular weight excluding hydrogens is 207 g/mol. The van der Waals surface area contributed by atoms with E-state index >= 15 is 0 Å². The van der Waals surface area contributed by atoms with E-state index in [0.29, 0.717) is 6.42 Å². The smallest absolute Gasteiger partial charge is 0.155 e. The summed E-state index contributed by atoms with van der Waals surface area (Å²) in [6.45, 7) is 12.0. The highest BCUT2D eigenvalue weighted by Gasteiger charge is 2.49. The SMILES string of the molecule is CC(C)(C)CC1OC(C(C)(C)C)C(F)C1O. The van der Waals surface area contributed by atoms with Gasteiger partial charge < -0.3 is 9.84 Å². The summed E-state index contributed by atoms with van der Waals surface area (Å²) in [6.07, 6.45) is -2.45. The van der Waals surface area contributed by atoms with Crippen LogP contribution in [0.2, 0.25) is 0 Å². The van der Waals surface area contributed by atoms with Crippen LogP contribution >= 0.6 is 0 Å². The molecule has 1 aliphatic rings. The molecule has 96 valence electrons. The summed E-state index contributed by atoms with van der Waals surface area (Å²) in [5, 5.41) is 9.85. The van der Waals surface area contributed by atoms with Gasteiger partial charge in [0, 0.05) is 0 Å². The molecular formula is C13H25FO2. The second-order valence-electron chi connectivity index (χ2n) is 7.16. The maximum Gasteiger partial charge on any atom is 0.155 e. The minimum Gasteiger partial charge on any atom is -0.387 e. The van der Waals surface area contributed by atoms with Crippen LogP contribution in [0.25, 0.3) is 0 Å². The Hall–Kier alpha value is -0.150. The third kappa shape index (κ3) is 3.17. The molecule has 0 radical (unpaired) electrons. The lowest BCUT2D eigenvalue weighted by Gasteiger charge is -2.28. The first-order valence-electron chi connectivity index (χ1n) is 6.00. The number of rotatable bonds is 1. The van der Waals surface area contributed by atoms with Gasteiger partial charge in [0.05, 0.1) is 12.2 Å². The van der Waals surface area contributed by atoms with Gasteiger partial charge in [-0.05, 0) is 17.3 Å². The zero-order valence-corrected chi connectivity index (χ0v) is 11.2. The Labute approximate surface area is 98.2 Å². The molecule has 1 rings (SSSR count). The fourth-order valence-electron chi connectivity index (χ4n) is 2.18. The van der Waals surface area contributed by atoms with Crippen molar-refractivity contribution in [2.45, 2.75) is 72.4 Å². The van der Waals surface area contributed by atoms with Gasteiger partial charge in [-0.2, -0.15) is 0 Å². The number of aliphatic hydroxyl groups is 1. The highest BCUT2D eigenvalue weighted by Crippen LogP contribution is 2.39. The normalized spacial score (nSPS) is 36.8. The van der Waals surface area contributed by atoms with Gasteiger partial charge in [-0.1, -0.05) is 41.5 Å². The van der Waals surface area contributed by atoms with E-state index in [2.05, 4.69) is 20.8 Å². The van der Waals surface area contributed by atoms with Crippen LogP contribution in [0.4, 0.5) is 4.39 Å². The summed E-state index contributed by atoms with van der Waals surface area (Å²) in [7, 11) is 0. The molecule has 1 saturated heterocycles. The van der Waals surface area contributed by atoms with Crippen LogP contribution < -0.4 is 0 Å². The molecule has 0 spiro atoms. The monoisotopic (exact) mass is 232 g/mol. The molecule has 3 heteroatoms. The molecule has 1 heterocycles. The van der Waals surface area contributed by atoms with E-state index in [0.717, 1.165) is 0 Å². The molecule has 1 aliphatic heterocycles. The van der Waals surface area contributed by atoms with Crippen LogP contribution in [0.3, 0.4) is 0 Å². The summed E-state index contributed by atoms with van der Waals surface area (Å²) >= 11 is 0. The van der Waals surface area contributed by atoms with E-state index < -0.39 is 18.4 Å². The van der Waals surface area contributed by atoms with Crippen molar-refractivity contribution in [3.8, 4) is 0 Å². The minimum atomic E-state index is -1.27. The van der Waals surface area contributed by atoms with E-state index in [1.807, 2.05) is 20.8 Å². The zero-order chi connectivity index (χ0) is 12.7. The Morgan fingerprint density at radius 2 is 1.62 bits per heavy atom. The molecule has 16 heavy (non-hydrogen) atoms. The Kier molecular flexibility index (Phi) is 3.71. The fraction of sp³-hybridized carbons (Fsp3) is 1.00.